The topological polar surface area (TPSA) is 383 Å². The quantitative estimate of drug-likeness (QED) is 0.0706. The second-order valence-electron chi connectivity index (χ2n) is 17.0. The second kappa shape index (κ2) is 27.6. The molecule has 0 aliphatic carbocycles. The number of Topliss-reactive ketones (excluding diaryl/α,β-unsaturated/α-hetero) is 2. The molecular formula is C40H60IN17O13. The second-order valence-corrected chi connectivity index (χ2v) is 17.9. The molecule has 0 fully saturated rings. The number of anilines is 1. The van der Waals surface area contributed by atoms with Crippen molar-refractivity contribution < 1.29 is 24.3 Å². The van der Waals surface area contributed by atoms with Gasteiger partial charge in [0.25, 0.3) is 28.1 Å². The molecule has 0 atom stereocenters. The molecule has 1 amide bonds. The normalized spacial score (nSPS) is 10.6. The maximum Gasteiger partial charge on any atom is 0.362 e. The van der Waals surface area contributed by atoms with Crippen LogP contribution in [0.5, 0.6) is 0 Å². The number of amides is 1. The van der Waals surface area contributed by atoms with E-state index >= 15 is 0 Å². The maximum atomic E-state index is 12.3. The Kier molecular flexibility index (Phi) is 24.0. The summed E-state index contributed by atoms with van der Waals surface area (Å²) in [6.45, 7) is 18.7. The fourth-order valence-corrected chi connectivity index (χ4v) is 5.16. The lowest BCUT2D eigenvalue weighted by molar-refractivity contribution is 0.0682. The number of aromatic amines is 1. The standard InChI is InChI=1S/C11H16N8O3.C10H15N3O3.C9H13N3O4.C6H7N3O3.C4H9I/c1-6(2)5-19-9(21)7(14-18(4)11(19)22)8(20)12-10-13-15-16-17(10)3;1-6(2)5-13-9(15)8(7(3)14)11-12(4)10(13)16;1-5(2)4-12-7(13)6(8(14)15)10-11(3)9(12)16;1-3(10)4-5(11)7-6(12)9(2)8-4;1-4(2)3-5/h6H,5H2,1-4H3,(H,12,13,16,20);6H,5H2,1-4H3;5H,4H2,1-3H3,(H,14,15);1-2H3,(H,7,11,12);4H,3H2,1-2H3. The van der Waals surface area contributed by atoms with E-state index in [-0.39, 0.29) is 54.7 Å². The number of H-pyrrole nitrogens is 1. The molecule has 0 aliphatic rings. The molecule has 0 spiro atoms. The number of nitrogens with zero attached hydrogens (tertiary/aromatic N) is 15. The number of aromatic nitrogens is 16. The van der Waals surface area contributed by atoms with E-state index in [9.17, 15) is 57.5 Å². The van der Waals surface area contributed by atoms with E-state index in [0.717, 1.165) is 38.3 Å². The number of aromatic carboxylic acids is 1. The van der Waals surface area contributed by atoms with Gasteiger partial charge in [0.1, 0.15) is 0 Å². The summed E-state index contributed by atoms with van der Waals surface area (Å²) in [4.78, 5) is 139. The molecule has 3 N–H and O–H groups in total. The minimum absolute atomic E-state index is 0.0617. The first-order chi connectivity index (χ1) is 32.8. The van der Waals surface area contributed by atoms with Crippen LogP contribution in [0.25, 0.3) is 0 Å². The molecule has 5 rings (SSSR count). The highest BCUT2D eigenvalue weighted by molar-refractivity contribution is 14.1. The molecule has 0 bridgehead atoms. The average Bonchev–Trinajstić information content (AvgIpc) is 3.68. The maximum absolute atomic E-state index is 12.3. The van der Waals surface area contributed by atoms with Crippen LogP contribution in [0, 0.1) is 23.7 Å². The zero-order chi connectivity index (χ0) is 54.9. The summed E-state index contributed by atoms with van der Waals surface area (Å²) in [6, 6.07) is 0. The van der Waals surface area contributed by atoms with Crippen LogP contribution < -0.4 is 50.3 Å². The number of rotatable bonds is 12. The van der Waals surface area contributed by atoms with Crippen LogP contribution >= 0.6 is 22.6 Å². The van der Waals surface area contributed by atoms with Gasteiger partial charge in [0.05, 0.1) is 0 Å². The van der Waals surface area contributed by atoms with E-state index in [1.807, 2.05) is 46.5 Å². The first-order valence-electron chi connectivity index (χ1n) is 21.4. The van der Waals surface area contributed by atoms with Crippen LogP contribution in [-0.2, 0) is 54.9 Å². The van der Waals surface area contributed by atoms with E-state index < -0.39 is 79.8 Å². The van der Waals surface area contributed by atoms with Crippen molar-refractivity contribution in [1.29, 1.82) is 0 Å². The van der Waals surface area contributed by atoms with E-state index in [2.05, 4.69) is 77.7 Å². The first kappa shape index (κ1) is 61.5. The minimum atomic E-state index is -1.43. The predicted octanol–water partition coefficient (Wildman–Crippen LogP) is -1.78. The Morgan fingerprint density at radius 1 is 0.549 bits per heavy atom. The Labute approximate surface area is 416 Å². The van der Waals surface area contributed by atoms with Gasteiger partial charge in [0.15, 0.2) is 23.0 Å². The van der Waals surface area contributed by atoms with Gasteiger partial charge in [-0.2, -0.15) is 20.4 Å². The van der Waals surface area contributed by atoms with Crippen LogP contribution in [0.1, 0.15) is 111 Å². The number of halogens is 1. The summed E-state index contributed by atoms with van der Waals surface area (Å²) in [5.41, 5.74) is -6.75. The molecule has 30 nitrogen and oxygen atoms in total. The Hall–Kier alpha value is -7.48. The van der Waals surface area contributed by atoms with Crippen LogP contribution in [-0.4, -0.2) is 111 Å². The number of carbonyl (C=O) groups excluding carboxylic acids is 3. The highest BCUT2D eigenvalue weighted by atomic mass is 127. The summed E-state index contributed by atoms with van der Waals surface area (Å²) in [5.74, 6) is -1.90. The third-order valence-electron chi connectivity index (χ3n) is 8.48. The Balaban J connectivity index is 0.000000467. The number of carboxylic acids is 1. The van der Waals surface area contributed by atoms with Gasteiger partial charge in [-0.25, -0.2) is 47.4 Å². The van der Waals surface area contributed by atoms with Crippen molar-refractivity contribution in [3.63, 3.8) is 0 Å². The predicted molar refractivity (Wildman–Crippen MR) is 263 cm³/mol. The Morgan fingerprint density at radius 2 is 0.901 bits per heavy atom. The summed E-state index contributed by atoms with van der Waals surface area (Å²) < 4.78 is 9.15. The summed E-state index contributed by atoms with van der Waals surface area (Å²) in [5, 5.41) is 35.9. The van der Waals surface area contributed by atoms with E-state index in [1.165, 1.54) is 58.2 Å². The fourth-order valence-electron chi connectivity index (χ4n) is 5.16. The highest BCUT2D eigenvalue weighted by Crippen LogP contribution is 2.00. The molecule has 0 aromatic carbocycles. The average molecular weight is 1110 g/mol. The first-order valence-corrected chi connectivity index (χ1v) is 22.9. The fraction of sp³-hybridized carbons (Fsp3) is 0.575. The van der Waals surface area contributed by atoms with Crippen molar-refractivity contribution in [2.75, 3.05) is 9.74 Å². The number of aryl methyl sites for hydroxylation is 5. The SMILES string of the molecule is CC(=O)c1nn(C)c(=O)[nH]c1=O.CC(=O)c1nn(C)c(=O)n(CC(C)C)c1=O.CC(C)CI.CC(C)Cn1c(=O)c(C(=O)Nc2nnnn2C)nn(C)c1=O.CC(C)Cn1c(=O)c(C(=O)O)nn(C)c1=O. The highest BCUT2D eigenvalue weighted by Gasteiger charge is 2.21. The van der Waals surface area contributed by atoms with Crippen molar-refractivity contribution in [3.05, 3.63) is 106 Å². The van der Waals surface area contributed by atoms with Gasteiger partial charge < -0.3 is 5.11 Å². The zero-order valence-corrected chi connectivity index (χ0v) is 44.2. The number of carboxylic acid groups (broad SMARTS) is 1. The molecule has 0 saturated heterocycles. The molecule has 0 aliphatic heterocycles. The summed E-state index contributed by atoms with van der Waals surface area (Å²) in [6.07, 6.45) is 0. The molecule has 31 heteroatoms. The third-order valence-corrected chi connectivity index (χ3v) is 10.2. The van der Waals surface area contributed by atoms with Crippen molar-refractivity contribution >= 4 is 52.0 Å². The van der Waals surface area contributed by atoms with E-state index in [1.54, 1.807) is 0 Å². The number of ketones is 2. The molecule has 5 heterocycles. The van der Waals surface area contributed by atoms with Gasteiger partial charge >= 0.3 is 28.7 Å². The van der Waals surface area contributed by atoms with Gasteiger partial charge in [-0.1, -0.05) is 83.1 Å². The zero-order valence-electron chi connectivity index (χ0n) is 42.1. The van der Waals surface area contributed by atoms with Gasteiger partial charge in [-0.3, -0.25) is 57.6 Å². The van der Waals surface area contributed by atoms with E-state index in [4.69, 9.17) is 5.11 Å². The molecule has 0 radical (unpaired) electrons. The van der Waals surface area contributed by atoms with Crippen LogP contribution in [0.2, 0.25) is 0 Å². The largest absolute Gasteiger partial charge is 0.476 e. The number of nitrogens with one attached hydrogen (secondary N) is 2. The number of hydrogen-bond acceptors (Lipinski definition) is 19. The third kappa shape index (κ3) is 18.1. The molecule has 5 aromatic heterocycles. The molecule has 390 valence electrons. The number of alkyl halides is 1. The summed E-state index contributed by atoms with van der Waals surface area (Å²) in [7, 11) is 6.99. The van der Waals surface area contributed by atoms with Crippen LogP contribution in [0.4, 0.5) is 5.95 Å². The van der Waals surface area contributed by atoms with Crippen LogP contribution in [0.15, 0.2) is 38.4 Å². The van der Waals surface area contributed by atoms with Gasteiger partial charge in [0.2, 0.25) is 17.3 Å². The lowest BCUT2D eigenvalue weighted by Crippen LogP contribution is -2.45. The van der Waals surface area contributed by atoms with Crippen molar-refractivity contribution in [2.45, 2.75) is 88.9 Å². The molecule has 5 aromatic rings. The minimum Gasteiger partial charge on any atom is -0.476 e. The van der Waals surface area contributed by atoms with Gasteiger partial charge in [-0.05, 0) is 34.1 Å². The van der Waals surface area contributed by atoms with Crippen molar-refractivity contribution in [3.8, 4) is 0 Å². The van der Waals surface area contributed by atoms with Crippen LogP contribution in [0.3, 0.4) is 0 Å². The molecular weight excluding hydrogens is 1050 g/mol. The van der Waals surface area contributed by atoms with Gasteiger partial charge in [-0.15, -0.1) is 0 Å². The number of carbonyl (C=O) groups is 4. The lowest BCUT2D eigenvalue weighted by atomic mass is 10.2. The Bertz CT molecular complexity index is 3100. The van der Waals surface area contributed by atoms with Crippen molar-refractivity contribution in [1.82, 2.24) is 78.0 Å². The number of tetrazole rings is 1. The molecule has 71 heavy (non-hydrogen) atoms. The van der Waals surface area contributed by atoms with E-state index in [0.29, 0.717) is 0 Å². The lowest BCUT2D eigenvalue weighted by Gasteiger charge is -2.10. The van der Waals surface area contributed by atoms with Crippen molar-refractivity contribution in [2.24, 2.45) is 58.9 Å². The molecule has 0 saturated carbocycles. The summed E-state index contributed by atoms with van der Waals surface area (Å²) >= 11 is 2.38. The monoisotopic (exact) mass is 1110 g/mol. The molecule has 0 unspecified atom stereocenters. The Morgan fingerprint density at radius 3 is 1.24 bits per heavy atom. The smallest absolute Gasteiger partial charge is 0.362 e. The van der Waals surface area contributed by atoms with Gasteiger partial charge in [0, 0.05) is 73.1 Å². The number of hydrogen-bond donors (Lipinski definition) is 3.